The second-order valence-corrected chi connectivity index (χ2v) is 7.18. The Labute approximate surface area is 154 Å². The predicted molar refractivity (Wildman–Crippen MR) is 99.9 cm³/mol. The fourth-order valence-corrected chi connectivity index (χ4v) is 3.48. The van der Waals surface area contributed by atoms with Gasteiger partial charge in [0.1, 0.15) is 6.04 Å². The number of hydrogen-bond acceptors (Lipinski definition) is 4. The second-order valence-electron chi connectivity index (χ2n) is 7.18. The summed E-state index contributed by atoms with van der Waals surface area (Å²) < 4.78 is 1.76. The monoisotopic (exact) mass is 351 g/mol. The Bertz CT molecular complexity index is 796. The van der Waals surface area contributed by atoms with E-state index in [9.17, 15) is 10.1 Å². The molecule has 0 spiro atoms. The van der Waals surface area contributed by atoms with Crippen LogP contribution in [0.2, 0.25) is 0 Å². The first-order valence-electron chi connectivity index (χ1n) is 9.07. The van der Waals surface area contributed by atoms with E-state index in [1.807, 2.05) is 43.7 Å². The smallest absolute Gasteiger partial charge is 0.241 e. The molecular formula is C20H25N5O. The summed E-state index contributed by atoms with van der Waals surface area (Å²) in [5.74, 6) is -0.198. The maximum absolute atomic E-state index is 12.5. The molecule has 1 atom stereocenters. The maximum atomic E-state index is 12.5. The number of nitrogens with zero attached hydrogens (tertiary/aromatic N) is 3. The minimum Gasteiger partial charge on any atom is -0.338 e. The first-order valence-corrected chi connectivity index (χ1v) is 9.07. The minimum absolute atomic E-state index is 0.198. The molecule has 1 saturated carbocycles. The van der Waals surface area contributed by atoms with Gasteiger partial charge in [-0.25, -0.2) is 0 Å². The molecule has 1 aliphatic carbocycles. The summed E-state index contributed by atoms with van der Waals surface area (Å²) in [7, 11) is 1.88. The normalized spacial score (nSPS) is 17.3. The first kappa shape index (κ1) is 18.2. The average molecular weight is 351 g/mol. The number of aryl methyl sites for hydroxylation is 1. The molecule has 0 aliphatic heterocycles. The Hall–Kier alpha value is -2.65. The molecule has 1 aromatic heterocycles. The summed E-state index contributed by atoms with van der Waals surface area (Å²) in [5.41, 5.74) is 8.55. The number of carbonyl (C=O) groups is 1. The molecule has 3 rings (SSSR count). The first-order chi connectivity index (χ1) is 12.5. The van der Waals surface area contributed by atoms with Gasteiger partial charge in [0.15, 0.2) is 0 Å². The van der Waals surface area contributed by atoms with Gasteiger partial charge in [-0.15, -0.1) is 0 Å². The van der Waals surface area contributed by atoms with E-state index >= 15 is 0 Å². The van der Waals surface area contributed by atoms with E-state index in [0.29, 0.717) is 19.3 Å². The Morgan fingerprint density at radius 2 is 2.00 bits per heavy atom. The highest BCUT2D eigenvalue weighted by atomic mass is 16.2. The minimum atomic E-state index is -0.822. The van der Waals surface area contributed by atoms with Gasteiger partial charge < -0.3 is 11.1 Å². The molecule has 26 heavy (non-hydrogen) atoms. The fraction of sp³-hybridized carbons (Fsp3) is 0.450. The van der Waals surface area contributed by atoms with E-state index in [2.05, 4.69) is 16.5 Å². The highest BCUT2D eigenvalue weighted by Crippen LogP contribution is 2.26. The van der Waals surface area contributed by atoms with Gasteiger partial charge in [0.2, 0.25) is 5.91 Å². The summed E-state index contributed by atoms with van der Waals surface area (Å²) in [5, 5.41) is 16.4. The van der Waals surface area contributed by atoms with Crippen LogP contribution in [-0.4, -0.2) is 27.3 Å². The lowest BCUT2D eigenvalue weighted by molar-refractivity contribution is -0.127. The zero-order valence-electron chi connectivity index (χ0n) is 15.1. The molecule has 1 heterocycles. The van der Waals surface area contributed by atoms with Gasteiger partial charge in [-0.05, 0) is 24.0 Å². The number of carbonyl (C=O) groups excluding carboxylic acids is 1. The van der Waals surface area contributed by atoms with Crippen molar-refractivity contribution in [2.24, 2.45) is 12.8 Å². The summed E-state index contributed by atoms with van der Waals surface area (Å²) >= 11 is 0. The van der Waals surface area contributed by atoms with Crippen LogP contribution in [0.3, 0.4) is 0 Å². The molecule has 1 amide bonds. The predicted octanol–water partition coefficient (Wildman–Crippen LogP) is 2.30. The van der Waals surface area contributed by atoms with Crippen molar-refractivity contribution < 1.29 is 4.79 Å². The summed E-state index contributed by atoms with van der Waals surface area (Å²) in [6, 6.07) is 9.60. The highest BCUT2D eigenvalue weighted by Gasteiger charge is 2.36. The van der Waals surface area contributed by atoms with E-state index in [4.69, 9.17) is 5.73 Å². The van der Waals surface area contributed by atoms with Gasteiger partial charge in [-0.3, -0.25) is 9.48 Å². The van der Waals surface area contributed by atoms with E-state index in [1.165, 1.54) is 0 Å². The Kier molecular flexibility index (Phi) is 5.38. The van der Waals surface area contributed by atoms with Crippen molar-refractivity contribution >= 4 is 5.91 Å². The Balaban J connectivity index is 1.63. The second kappa shape index (κ2) is 7.71. The van der Waals surface area contributed by atoms with Crippen molar-refractivity contribution in [2.45, 2.75) is 50.1 Å². The third kappa shape index (κ3) is 4.12. The van der Waals surface area contributed by atoms with Gasteiger partial charge >= 0.3 is 0 Å². The van der Waals surface area contributed by atoms with Crippen LogP contribution in [0.4, 0.5) is 0 Å². The molecule has 1 fully saturated rings. The number of benzene rings is 1. The number of hydrogen-bond donors (Lipinski definition) is 2. The van der Waals surface area contributed by atoms with E-state index in [1.54, 1.807) is 4.68 Å². The van der Waals surface area contributed by atoms with Crippen LogP contribution < -0.4 is 11.1 Å². The number of nitrogens with two attached hydrogens (primary N) is 1. The quantitative estimate of drug-likeness (QED) is 0.864. The topological polar surface area (TPSA) is 96.7 Å². The van der Waals surface area contributed by atoms with Gasteiger partial charge in [-0.2, -0.15) is 10.4 Å². The van der Waals surface area contributed by atoms with Crippen molar-refractivity contribution in [1.82, 2.24) is 15.1 Å². The largest absolute Gasteiger partial charge is 0.338 e. The van der Waals surface area contributed by atoms with E-state index < -0.39 is 11.6 Å². The summed E-state index contributed by atoms with van der Waals surface area (Å²) in [6.45, 7) is 0. The lowest BCUT2D eigenvalue weighted by atomic mass is 9.81. The van der Waals surface area contributed by atoms with Crippen LogP contribution in [-0.2, 0) is 18.3 Å². The number of aromatic nitrogens is 2. The van der Waals surface area contributed by atoms with Crippen LogP contribution >= 0.6 is 0 Å². The molecule has 0 saturated heterocycles. The van der Waals surface area contributed by atoms with Crippen molar-refractivity contribution in [3.63, 3.8) is 0 Å². The van der Waals surface area contributed by atoms with Gasteiger partial charge in [0.25, 0.3) is 0 Å². The molecule has 3 N–H and O–H groups in total. The van der Waals surface area contributed by atoms with Crippen LogP contribution in [0.1, 0.15) is 37.7 Å². The third-order valence-electron chi connectivity index (χ3n) is 5.09. The van der Waals surface area contributed by atoms with Gasteiger partial charge in [0.05, 0.1) is 17.8 Å². The van der Waals surface area contributed by atoms with E-state index in [-0.39, 0.29) is 5.91 Å². The average Bonchev–Trinajstić information content (AvgIpc) is 3.08. The Morgan fingerprint density at radius 3 is 2.58 bits per heavy atom. The zero-order chi connectivity index (χ0) is 18.6. The molecule has 2 aromatic rings. The lowest BCUT2D eigenvalue weighted by Gasteiger charge is -2.32. The third-order valence-corrected chi connectivity index (χ3v) is 5.09. The molecule has 136 valence electrons. The highest BCUT2D eigenvalue weighted by molar-refractivity contribution is 5.86. The molecule has 0 unspecified atom stereocenters. The molecule has 6 heteroatoms. The van der Waals surface area contributed by atoms with Gasteiger partial charge in [-0.1, -0.05) is 43.5 Å². The zero-order valence-corrected chi connectivity index (χ0v) is 15.1. The number of amides is 1. The van der Waals surface area contributed by atoms with Crippen LogP contribution in [0.25, 0.3) is 11.1 Å². The number of nitriles is 1. The molecule has 1 aromatic carbocycles. The van der Waals surface area contributed by atoms with Crippen molar-refractivity contribution in [3.8, 4) is 17.2 Å². The molecule has 6 nitrogen and oxygen atoms in total. The van der Waals surface area contributed by atoms with Gasteiger partial charge in [0, 0.05) is 25.2 Å². The van der Waals surface area contributed by atoms with Crippen LogP contribution in [0.5, 0.6) is 0 Å². The SMILES string of the molecule is Cn1cc(-c2ccc(C[C@@H](C#N)NC(=O)C3(N)CCCCC3)cc2)cn1. The van der Waals surface area contributed by atoms with Crippen molar-refractivity contribution in [3.05, 3.63) is 42.2 Å². The fourth-order valence-electron chi connectivity index (χ4n) is 3.48. The van der Waals surface area contributed by atoms with Crippen molar-refractivity contribution in [2.75, 3.05) is 0 Å². The molecule has 0 bridgehead atoms. The molecule has 0 radical (unpaired) electrons. The van der Waals surface area contributed by atoms with Crippen molar-refractivity contribution in [1.29, 1.82) is 5.26 Å². The summed E-state index contributed by atoms with van der Waals surface area (Å²) in [4.78, 5) is 12.5. The molecular weight excluding hydrogens is 326 g/mol. The maximum Gasteiger partial charge on any atom is 0.241 e. The Morgan fingerprint density at radius 1 is 1.31 bits per heavy atom. The number of nitrogens with one attached hydrogen (secondary N) is 1. The van der Waals surface area contributed by atoms with E-state index in [0.717, 1.165) is 36.0 Å². The van der Waals surface area contributed by atoms with Crippen LogP contribution in [0, 0.1) is 11.3 Å². The number of rotatable bonds is 5. The summed E-state index contributed by atoms with van der Waals surface area (Å²) in [6.07, 6.45) is 8.68. The van der Waals surface area contributed by atoms with Crippen LogP contribution in [0.15, 0.2) is 36.7 Å². The lowest BCUT2D eigenvalue weighted by Crippen LogP contribution is -2.57. The molecule has 1 aliphatic rings. The standard InChI is InChI=1S/C20H25N5O/c1-25-14-17(13-23-25)16-7-5-15(6-8-16)11-18(12-21)24-19(26)20(22)9-3-2-4-10-20/h5-8,13-14,18H,2-4,9-11,22H2,1H3,(H,24,26)/t18-/m0/s1.